The maximum absolute atomic E-state index is 12.1. The Bertz CT molecular complexity index is 714. The van der Waals surface area contributed by atoms with Gasteiger partial charge in [0.25, 0.3) is 0 Å². The Morgan fingerprint density at radius 2 is 1.93 bits per heavy atom. The van der Waals surface area contributed by atoms with E-state index in [4.69, 9.17) is 9.72 Å². The first kappa shape index (κ1) is 19.9. The van der Waals surface area contributed by atoms with Gasteiger partial charge in [-0.1, -0.05) is 30.3 Å². The topological polar surface area (TPSA) is 57.7 Å². The van der Waals surface area contributed by atoms with E-state index in [-0.39, 0.29) is 11.9 Å². The molecule has 1 amide bonds. The Labute approximate surface area is 165 Å². The van der Waals surface area contributed by atoms with Crippen molar-refractivity contribution in [3.63, 3.8) is 0 Å². The number of thiazole rings is 1. The van der Waals surface area contributed by atoms with Gasteiger partial charge in [-0.15, -0.1) is 11.3 Å². The van der Waals surface area contributed by atoms with Crippen LogP contribution in [0.15, 0.2) is 35.7 Å². The quantitative estimate of drug-likeness (QED) is 0.750. The Hall–Kier alpha value is -1.80. The molecular formula is C20H28N4O2S. The van der Waals surface area contributed by atoms with Crippen molar-refractivity contribution < 1.29 is 9.53 Å². The molecule has 1 aliphatic heterocycles. The van der Waals surface area contributed by atoms with Crippen molar-refractivity contribution in [1.29, 1.82) is 0 Å². The molecule has 2 aromatic rings. The number of nitrogens with zero attached hydrogens (tertiary/aromatic N) is 3. The van der Waals surface area contributed by atoms with Gasteiger partial charge in [-0.3, -0.25) is 14.6 Å². The van der Waals surface area contributed by atoms with E-state index in [9.17, 15) is 4.79 Å². The average molecular weight is 389 g/mol. The zero-order valence-electron chi connectivity index (χ0n) is 16.1. The van der Waals surface area contributed by atoms with Gasteiger partial charge >= 0.3 is 0 Å². The molecule has 1 N–H and O–H groups in total. The van der Waals surface area contributed by atoms with Crippen molar-refractivity contribution in [2.45, 2.75) is 19.5 Å². The van der Waals surface area contributed by atoms with Crippen LogP contribution in [0.1, 0.15) is 12.6 Å². The lowest BCUT2D eigenvalue weighted by Crippen LogP contribution is -2.50. The van der Waals surface area contributed by atoms with Crippen molar-refractivity contribution >= 4 is 17.2 Å². The summed E-state index contributed by atoms with van der Waals surface area (Å²) in [6, 6.07) is 10.4. The van der Waals surface area contributed by atoms with E-state index in [2.05, 4.69) is 32.6 Å². The van der Waals surface area contributed by atoms with Gasteiger partial charge < -0.3 is 10.1 Å². The van der Waals surface area contributed by atoms with Crippen LogP contribution in [0.5, 0.6) is 0 Å². The van der Waals surface area contributed by atoms with Gasteiger partial charge in [-0.25, -0.2) is 4.98 Å². The SMILES string of the molecule is COCC(C)NC(=O)CN1CCN(Cc2csc(-c3ccccc3)n2)CC1. The molecule has 0 radical (unpaired) electrons. The summed E-state index contributed by atoms with van der Waals surface area (Å²) >= 11 is 1.70. The van der Waals surface area contributed by atoms with Gasteiger partial charge in [0, 0.05) is 56.8 Å². The number of methoxy groups -OCH3 is 1. The first-order valence-electron chi connectivity index (χ1n) is 9.37. The van der Waals surface area contributed by atoms with E-state index in [1.807, 2.05) is 25.1 Å². The molecule has 7 heteroatoms. The maximum Gasteiger partial charge on any atom is 0.234 e. The van der Waals surface area contributed by atoms with Crippen LogP contribution in [-0.2, 0) is 16.1 Å². The van der Waals surface area contributed by atoms with Crippen molar-refractivity contribution in [2.24, 2.45) is 0 Å². The minimum atomic E-state index is 0.0484. The van der Waals surface area contributed by atoms with Crippen LogP contribution < -0.4 is 5.32 Å². The van der Waals surface area contributed by atoms with Crippen molar-refractivity contribution in [1.82, 2.24) is 20.1 Å². The number of hydrogen-bond acceptors (Lipinski definition) is 6. The lowest BCUT2D eigenvalue weighted by atomic mass is 10.2. The predicted octanol–water partition coefficient (Wildman–Crippen LogP) is 2.08. The van der Waals surface area contributed by atoms with Gasteiger partial charge in [0.05, 0.1) is 18.8 Å². The summed E-state index contributed by atoms with van der Waals surface area (Å²) < 4.78 is 5.05. The summed E-state index contributed by atoms with van der Waals surface area (Å²) in [5, 5.41) is 6.20. The monoisotopic (exact) mass is 388 g/mol. The Kier molecular flexibility index (Phi) is 7.34. The fraction of sp³-hybridized carbons (Fsp3) is 0.500. The predicted molar refractivity (Wildman–Crippen MR) is 109 cm³/mol. The largest absolute Gasteiger partial charge is 0.383 e. The number of carbonyl (C=O) groups is 1. The average Bonchev–Trinajstić information content (AvgIpc) is 3.13. The zero-order chi connectivity index (χ0) is 19.1. The number of piperazine rings is 1. The number of amides is 1. The van der Waals surface area contributed by atoms with Crippen LogP contribution in [0, 0.1) is 0 Å². The molecule has 1 aliphatic rings. The first-order chi connectivity index (χ1) is 13.1. The highest BCUT2D eigenvalue weighted by atomic mass is 32.1. The molecule has 0 aliphatic carbocycles. The number of carbonyl (C=O) groups excluding carboxylic acids is 1. The molecule has 1 aromatic heterocycles. The highest BCUT2D eigenvalue weighted by Gasteiger charge is 2.20. The molecule has 1 unspecified atom stereocenters. The number of benzene rings is 1. The second-order valence-electron chi connectivity index (χ2n) is 6.99. The van der Waals surface area contributed by atoms with E-state index in [1.54, 1.807) is 18.4 Å². The van der Waals surface area contributed by atoms with Crippen LogP contribution in [-0.4, -0.2) is 73.2 Å². The Morgan fingerprint density at radius 1 is 1.22 bits per heavy atom. The molecule has 0 bridgehead atoms. The van der Waals surface area contributed by atoms with E-state index in [0.29, 0.717) is 13.2 Å². The second-order valence-corrected chi connectivity index (χ2v) is 7.84. The van der Waals surface area contributed by atoms with Crippen LogP contribution in [0.2, 0.25) is 0 Å². The molecule has 146 valence electrons. The molecular weight excluding hydrogens is 360 g/mol. The lowest BCUT2D eigenvalue weighted by Gasteiger charge is -2.34. The third-order valence-corrected chi connectivity index (χ3v) is 5.55. The lowest BCUT2D eigenvalue weighted by molar-refractivity contribution is -0.123. The van der Waals surface area contributed by atoms with Crippen LogP contribution in [0.25, 0.3) is 10.6 Å². The van der Waals surface area contributed by atoms with Crippen LogP contribution in [0.3, 0.4) is 0 Å². The van der Waals surface area contributed by atoms with Crippen LogP contribution >= 0.6 is 11.3 Å². The molecule has 3 rings (SSSR count). The third kappa shape index (κ3) is 6.10. The minimum absolute atomic E-state index is 0.0484. The Morgan fingerprint density at radius 3 is 2.63 bits per heavy atom. The van der Waals surface area contributed by atoms with Crippen molar-refractivity contribution in [3.05, 3.63) is 41.4 Å². The normalized spacial score (nSPS) is 17.0. The van der Waals surface area contributed by atoms with E-state index >= 15 is 0 Å². The summed E-state index contributed by atoms with van der Waals surface area (Å²) in [6.45, 7) is 7.54. The number of aromatic nitrogens is 1. The number of nitrogens with one attached hydrogen (secondary N) is 1. The highest BCUT2D eigenvalue weighted by molar-refractivity contribution is 7.13. The highest BCUT2D eigenvalue weighted by Crippen LogP contribution is 2.24. The molecule has 6 nitrogen and oxygen atoms in total. The van der Waals surface area contributed by atoms with E-state index < -0.39 is 0 Å². The summed E-state index contributed by atoms with van der Waals surface area (Å²) in [4.78, 5) is 21.5. The van der Waals surface area contributed by atoms with Gasteiger partial charge in [-0.2, -0.15) is 0 Å². The fourth-order valence-electron chi connectivity index (χ4n) is 3.24. The number of rotatable bonds is 8. The standard InChI is InChI=1S/C20H28N4O2S/c1-16(14-26-2)21-19(25)13-24-10-8-23(9-11-24)12-18-15-27-20(22-18)17-6-4-3-5-7-17/h3-7,15-16H,8-14H2,1-2H3,(H,21,25). The number of hydrogen-bond donors (Lipinski definition) is 1. The van der Waals surface area contributed by atoms with Crippen LogP contribution in [0.4, 0.5) is 0 Å². The summed E-state index contributed by atoms with van der Waals surface area (Å²) in [5.74, 6) is 0.0694. The maximum atomic E-state index is 12.1. The van der Waals surface area contributed by atoms with Crippen molar-refractivity contribution in [2.75, 3.05) is 46.4 Å². The fourth-order valence-corrected chi connectivity index (χ4v) is 4.06. The molecule has 1 saturated heterocycles. The van der Waals surface area contributed by atoms with Gasteiger partial charge in [0.15, 0.2) is 0 Å². The third-order valence-electron chi connectivity index (χ3n) is 4.61. The summed E-state index contributed by atoms with van der Waals surface area (Å²) in [7, 11) is 1.65. The Balaban J connectivity index is 1.42. The minimum Gasteiger partial charge on any atom is -0.383 e. The van der Waals surface area contributed by atoms with E-state index in [1.165, 1.54) is 5.56 Å². The first-order valence-corrected chi connectivity index (χ1v) is 10.2. The molecule has 1 aromatic carbocycles. The second kappa shape index (κ2) is 9.94. The van der Waals surface area contributed by atoms with Gasteiger partial charge in [0.2, 0.25) is 5.91 Å². The number of ether oxygens (including phenoxy) is 1. The summed E-state index contributed by atoms with van der Waals surface area (Å²) in [6.07, 6.45) is 0. The smallest absolute Gasteiger partial charge is 0.234 e. The van der Waals surface area contributed by atoms with E-state index in [0.717, 1.165) is 43.4 Å². The molecule has 2 heterocycles. The molecule has 1 fully saturated rings. The molecule has 27 heavy (non-hydrogen) atoms. The summed E-state index contributed by atoms with van der Waals surface area (Å²) in [5.41, 5.74) is 2.30. The molecule has 0 saturated carbocycles. The molecule has 0 spiro atoms. The van der Waals surface area contributed by atoms with Gasteiger partial charge in [-0.05, 0) is 6.92 Å². The molecule has 1 atom stereocenters. The zero-order valence-corrected chi connectivity index (χ0v) is 16.9. The van der Waals surface area contributed by atoms with Gasteiger partial charge in [0.1, 0.15) is 5.01 Å². The van der Waals surface area contributed by atoms with Crippen molar-refractivity contribution in [3.8, 4) is 10.6 Å².